The molecule has 0 radical (unpaired) electrons. The first-order chi connectivity index (χ1) is 11.7. The van der Waals surface area contributed by atoms with Gasteiger partial charge in [-0.1, -0.05) is 12.1 Å². The van der Waals surface area contributed by atoms with E-state index < -0.39 is 0 Å². The molecule has 24 heavy (non-hydrogen) atoms. The molecule has 2 aromatic rings. The number of rotatable bonds is 3. The Balaban J connectivity index is 1.59. The zero-order valence-corrected chi connectivity index (χ0v) is 14.1. The molecule has 1 N–H and O–H groups in total. The van der Waals surface area contributed by atoms with Crippen molar-refractivity contribution in [2.24, 2.45) is 0 Å². The Morgan fingerprint density at radius 2 is 2.21 bits per heavy atom. The summed E-state index contributed by atoms with van der Waals surface area (Å²) in [5.41, 5.74) is 1.62. The fourth-order valence-electron chi connectivity index (χ4n) is 3.79. The zero-order chi connectivity index (χ0) is 16.5. The quantitative estimate of drug-likeness (QED) is 0.934. The van der Waals surface area contributed by atoms with Gasteiger partial charge in [-0.3, -0.25) is 4.79 Å². The lowest BCUT2D eigenvalue weighted by Gasteiger charge is -2.37. The third kappa shape index (κ3) is 2.75. The first kappa shape index (κ1) is 15.4. The van der Waals surface area contributed by atoms with E-state index >= 15 is 0 Å². The van der Waals surface area contributed by atoms with Crippen molar-refractivity contribution in [2.75, 3.05) is 31.6 Å². The highest BCUT2D eigenvalue weighted by Crippen LogP contribution is 2.29. The number of oxazole rings is 1. The maximum Gasteiger partial charge on any atom is 0.299 e. The number of hydrogen-bond acceptors (Lipinski definition) is 5. The lowest BCUT2D eigenvalue weighted by atomic mass is 10.0. The van der Waals surface area contributed by atoms with Crippen LogP contribution in [0.5, 0.6) is 0 Å². The zero-order valence-electron chi connectivity index (χ0n) is 14.1. The van der Waals surface area contributed by atoms with E-state index in [9.17, 15) is 4.79 Å². The van der Waals surface area contributed by atoms with Crippen LogP contribution in [0, 0.1) is 0 Å². The van der Waals surface area contributed by atoms with E-state index in [0.29, 0.717) is 12.1 Å². The fraction of sp³-hybridized carbons (Fsp3) is 0.556. The topological polar surface area (TPSA) is 61.6 Å². The summed E-state index contributed by atoms with van der Waals surface area (Å²) >= 11 is 0. The maximum absolute atomic E-state index is 13.1. The van der Waals surface area contributed by atoms with Crippen molar-refractivity contribution in [1.29, 1.82) is 0 Å². The van der Waals surface area contributed by atoms with Crippen LogP contribution in [0.1, 0.15) is 25.7 Å². The van der Waals surface area contributed by atoms with Gasteiger partial charge in [0.2, 0.25) is 5.91 Å². The Kier molecular flexibility index (Phi) is 4.14. The standard InChI is InChI=1S/C18H24N4O2/c1-21(13-9-10-19-12-13)17(23)15-7-4-5-11-22(15)18-20-14-6-2-3-8-16(14)24-18/h2-3,6,8,13,15,19H,4-5,7,9-12H2,1H3/t13-,15-/m0/s1. The average molecular weight is 328 g/mol. The summed E-state index contributed by atoms with van der Waals surface area (Å²) in [6, 6.07) is 8.46. The van der Waals surface area contributed by atoms with Gasteiger partial charge in [0.1, 0.15) is 11.6 Å². The molecule has 0 unspecified atom stereocenters. The predicted molar refractivity (Wildman–Crippen MR) is 93.0 cm³/mol. The van der Waals surface area contributed by atoms with Crippen molar-refractivity contribution in [1.82, 2.24) is 15.2 Å². The Morgan fingerprint density at radius 1 is 1.33 bits per heavy atom. The second-order valence-electron chi connectivity index (χ2n) is 6.76. The number of aromatic nitrogens is 1. The van der Waals surface area contributed by atoms with Gasteiger partial charge in [0, 0.05) is 26.2 Å². The number of nitrogens with one attached hydrogen (secondary N) is 1. The molecule has 0 aliphatic carbocycles. The first-order valence-corrected chi connectivity index (χ1v) is 8.83. The molecule has 1 aromatic carbocycles. The van der Waals surface area contributed by atoms with E-state index in [4.69, 9.17) is 4.42 Å². The number of nitrogens with zero attached hydrogens (tertiary/aromatic N) is 3. The highest BCUT2D eigenvalue weighted by Gasteiger charge is 2.36. The summed E-state index contributed by atoms with van der Waals surface area (Å²) < 4.78 is 5.92. The number of anilines is 1. The number of carbonyl (C=O) groups excluding carboxylic acids is 1. The van der Waals surface area contributed by atoms with Crippen LogP contribution in [0.3, 0.4) is 0 Å². The number of fused-ring (bicyclic) bond motifs is 1. The molecule has 6 heteroatoms. The fourth-order valence-corrected chi connectivity index (χ4v) is 3.79. The molecular weight excluding hydrogens is 304 g/mol. The minimum Gasteiger partial charge on any atom is -0.423 e. The van der Waals surface area contributed by atoms with Crippen LogP contribution in [-0.2, 0) is 4.79 Å². The molecule has 0 bridgehead atoms. The minimum atomic E-state index is -0.169. The van der Waals surface area contributed by atoms with Crippen molar-refractivity contribution in [3.05, 3.63) is 24.3 Å². The van der Waals surface area contributed by atoms with Gasteiger partial charge >= 0.3 is 0 Å². The van der Waals surface area contributed by atoms with Gasteiger partial charge in [0.25, 0.3) is 6.01 Å². The van der Waals surface area contributed by atoms with E-state index in [1.54, 1.807) is 0 Å². The Labute approximate surface area is 141 Å². The van der Waals surface area contributed by atoms with E-state index in [1.807, 2.05) is 36.2 Å². The molecule has 0 saturated carbocycles. The molecule has 6 nitrogen and oxygen atoms in total. The van der Waals surface area contributed by atoms with Crippen LogP contribution in [0.4, 0.5) is 6.01 Å². The summed E-state index contributed by atoms with van der Waals surface area (Å²) in [5.74, 6) is 0.186. The van der Waals surface area contributed by atoms with Gasteiger partial charge in [-0.2, -0.15) is 4.98 Å². The summed E-state index contributed by atoms with van der Waals surface area (Å²) in [4.78, 5) is 21.7. The third-order valence-corrected chi connectivity index (χ3v) is 5.25. The Hall–Kier alpha value is -2.08. The van der Waals surface area contributed by atoms with Gasteiger partial charge < -0.3 is 19.5 Å². The smallest absolute Gasteiger partial charge is 0.299 e. The van der Waals surface area contributed by atoms with E-state index in [2.05, 4.69) is 15.2 Å². The van der Waals surface area contributed by atoms with Gasteiger partial charge in [-0.05, 0) is 44.4 Å². The van der Waals surface area contributed by atoms with Crippen molar-refractivity contribution in [3.63, 3.8) is 0 Å². The van der Waals surface area contributed by atoms with E-state index in [1.165, 1.54) is 0 Å². The van der Waals surface area contributed by atoms with Gasteiger partial charge in [-0.15, -0.1) is 0 Å². The van der Waals surface area contributed by atoms with Crippen LogP contribution in [0.15, 0.2) is 28.7 Å². The second-order valence-corrected chi connectivity index (χ2v) is 6.76. The monoisotopic (exact) mass is 328 g/mol. The highest BCUT2D eigenvalue weighted by atomic mass is 16.4. The van der Waals surface area contributed by atoms with Crippen molar-refractivity contribution >= 4 is 23.0 Å². The molecule has 1 amide bonds. The lowest BCUT2D eigenvalue weighted by Crippen LogP contribution is -2.53. The predicted octanol–water partition coefficient (Wildman–Crippen LogP) is 2.01. The number of hydrogen-bond donors (Lipinski definition) is 1. The van der Waals surface area contributed by atoms with E-state index in [-0.39, 0.29) is 11.9 Å². The number of carbonyl (C=O) groups is 1. The number of amides is 1. The first-order valence-electron chi connectivity index (χ1n) is 8.83. The summed E-state index contributed by atoms with van der Waals surface area (Å²) in [6.45, 7) is 2.69. The summed E-state index contributed by atoms with van der Waals surface area (Å²) in [6.07, 6.45) is 4.03. The highest BCUT2D eigenvalue weighted by molar-refractivity contribution is 5.85. The largest absolute Gasteiger partial charge is 0.423 e. The van der Waals surface area contributed by atoms with Crippen molar-refractivity contribution < 1.29 is 9.21 Å². The Bertz CT molecular complexity index is 690. The molecule has 2 atom stereocenters. The second kappa shape index (κ2) is 6.43. The van der Waals surface area contributed by atoms with Crippen molar-refractivity contribution in [2.45, 2.75) is 37.8 Å². The number of likely N-dealkylation sites (N-methyl/N-ethyl adjacent to an activating group) is 1. The molecule has 2 aliphatic heterocycles. The number of para-hydroxylation sites is 2. The Morgan fingerprint density at radius 3 is 3.00 bits per heavy atom. The summed E-state index contributed by atoms with van der Waals surface area (Å²) in [7, 11) is 1.93. The van der Waals surface area contributed by atoms with Crippen LogP contribution < -0.4 is 10.2 Å². The molecule has 2 saturated heterocycles. The number of benzene rings is 1. The summed E-state index contributed by atoms with van der Waals surface area (Å²) in [5, 5.41) is 3.33. The third-order valence-electron chi connectivity index (χ3n) is 5.25. The van der Waals surface area contributed by atoms with Gasteiger partial charge in [0.05, 0.1) is 0 Å². The lowest BCUT2D eigenvalue weighted by molar-refractivity contribution is -0.133. The molecule has 0 spiro atoms. The molecule has 2 fully saturated rings. The van der Waals surface area contributed by atoms with Crippen LogP contribution >= 0.6 is 0 Å². The molecule has 4 rings (SSSR count). The SMILES string of the molecule is CN(C(=O)[C@@H]1CCCCN1c1nc2ccccc2o1)[C@H]1CCNC1. The van der Waals surface area contributed by atoms with Crippen LogP contribution in [0.2, 0.25) is 0 Å². The maximum atomic E-state index is 13.1. The van der Waals surface area contributed by atoms with Crippen LogP contribution in [-0.4, -0.2) is 54.6 Å². The number of piperidine rings is 1. The molecule has 128 valence electrons. The minimum absolute atomic E-state index is 0.169. The molecule has 1 aromatic heterocycles. The average Bonchev–Trinajstić information content (AvgIpc) is 3.29. The van der Waals surface area contributed by atoms with Crippen molar-refractivity contribution in [3.8, 4) is 0 Å². The van der Waals surface area contributed by atoms with Crippen LogP contribution in [0.25, 0.3) is 11.1 Å². The molecule has 2 aliphatic rings. The normalized spacial score (nSPS) is 24.5. The van der Waals surface area contributed by atoms with Gasteiger partial charge in [-0.25, -0.2) is 0 Å². The molecule has 3 heterocycles. The molecular formula is C18H24N4O2. The van der Waals surface area contributed by atoms with E-state index in [0.717, 1.165) is 56.4 Å². The van der Waals surface area contributed by atoms with Gasteiger partial charge in [0.15, 0.2) is 5.58 Å².